The van der Waals surface area contributed by atoms with E-state index in [-0.39, 0.29) is 36.3 Å². The van der Waals surface area contributed by atoms with Crippen LogP contribution in [0.5, 0.6) is 0 Å². The molecule has 10 heteroatoms. The summed E-state index contributed by atoms with van der Waals surface area (Å²) in [7, 11) is -1.59. The summed E-state index contributed by atoms with van der Waals surface area (Å²) in [5.41, 5.74) is 2.47. The van der Waals surface area contributed by atoms with Crippen LogP contribution >= 0.6 is 24.0 Å². The fraction of sp³-hybridized carbons (Fsp3) is 0.350. The summed E-state index contributed by atoms with van der Waals surface area (Å²) < 4.78 is 23.4. The molecular weight excluding hydrogens is 517 g/mol. The molecule has 8 nitrogen and oxygen atoms in total. The number of aliphatic imine (C=N–C) groups is 1. The molecule has 2 aromatic rings. The monoisotopic (exact) mass is 545 g/mol. The number of carbonyl (C=O) groups is 1. The maximum absolute atomic E-state index is 12.0. The van der Waals surface area contributed by atoms with Crippen molar-refractivity contribution in [3.8, 4) is 0 Å². The Kier molecular flexibility index (Phi) is 10.2. The molecule has 0 radical (unpaired) electrons. The molecule has 0 atom stereocenters. The van der Waals surface area contributed by atoms with E-state index in [1.54, 1.807) is 32.2 Å². The van der Waals surface area contributed by atoms with Crippen molar-refractivity contribution in [2.75, 3.05) is 25.2 Å². The highest BCUT2D eigenvalue weighted by Gasteiger charge is 2.11. The van der Waals surface area contributed by atoms with E-state index in [1.165, 1.54) is 6.26 Å². The smallest absolute Gasteiger partial charge is 0.227 e. The average molecular weight is 545 g/mol. The Morgan fingerprint density at radius 2 is 1.87 bits per heavy atom. The zero-order valence-corrected chi connectivity index (χ0v) is 20.7. The maximum Gasteiger partial charge on any atom is 0.227 e. The number of pyridine rings is 1. The van der Waals surface area contributed by atoms with Gasteiger partial charge in [-0.25, -0.2) is 13.4 Å². The normalized spacial score (nSPS) is 11.4. The van der Waals surface area contributed by atoms with Crippen LogP contribution in [0.15, 0.2) is 46.3 Å². The lowest BCUT2D eigenvalue weighted by atomic mass is 10.1. The third kappa shape index (κ3) is 8.27. The van der Waals surface area contributed by atoms with Gasteiger partial charge in [0.05, 0.1) is 4.90 Å². The van der Waals surface area contributed by atoms with Crippen LogP contribution in [0.4, 0.5) is 5.82 Å². The van der Waals surface area contributed by atoms with Gasteiger partial charge in [0.25, 0.3) is 0 Å². The number of benzene rings is 1. The highest BCUT2D eigenvalue weighted by atomic mass is 127. The lowest BCUT2D eigenvalue weighted by Crippen LogP contribution is -2.38. The molecule has 0 aliphatic rings. The van der Waals surface area contributed by atoms with E-state index in [9.17, 15) is 13.2 Å². The van der Waals surface area contributed by atoms with Crippen LogP contribution in [-0.4, -0.2) is 45.1 Å². The number of nitrogens with one attached hydrogen (secondary N) is 3. The highest BCUT2D eigenvalue weighted by Crippen LogP contribution is 2.16. The molecule has 1 aromatic heterocycles. The van der Waals surface area contributed by atoms with Crippen LogP contribution < -0.4 is 16.0 Å². The van der Waals surface area contributed by atoms with Gasteiger partial charge in [-0.3, -0.25) is 9.79 Å². The van der Waals surface area contributed by atoms with Gasteiger partial charge in [0.15, 0.2) is 15.8 Å². The van der Waals surface area contributed by atoms with Crippen molar-refractivity contribution in [1.29, 1.82) is 0 Å². The first kappa shape index (κ1) is 25.8. The molecule has 0 saturated carbocycles. The number of sulfone groups is 1. The Bertz CT molecular complexity index is 1010. The SMILES string of the molecule is CN=C(NCCC(=O)Nc1cccc(C)n1)NCc1ccc(S(C)(=O)=O)c(C)c1.I. The number of halogens is 1. The van der Waals surface area contributed by atoms with E-state index in [0.717, 1.165) is 11.3 Å². The van der Waals surface area contributed by atoms with Crippen LogP contribution in [-0.2, 0) is 21.2 Å². The van der Waals surface area contributed by atoms with Crippen molar-refractivity contribution in [2.45, 2.75) is 31.7 Å². The molecule has 2 rings (SSSR count). The lowest BCUT2D eigenvalue weighted by molar-refractivity contribution is -0.116. The number of aryl methyl sites for hydroxylation is 2. The van der Waals surface area contributed by atoms with E-state index in [1.807, 2.05) is 25.1 Å². The molecule has 0 saturated heterocycles. The molecule has 0 bridgehead atoms. The number of rotatable bonds is 7. The van der Waals surface area contributed by atoms with Crippen molar-refractivity contribution in [3.63, 3.8) is 0 Å². The second-order valence-electron chi connectivity index (χ2n) is 6.69. The predicted octanol–water partition coefficient (Wildman–Crippen LogP) is 2.41. The minimum atomic E-state index is -3.23. The average Bonchev–Trinajstić information content (AvgIpc) is 2.63. The third-order valence-corrected chi connectivity index (χ3v) is 5.38. The molecule has 164 valence electrons. The van der Waals surface area contributed by atoms with E-state index < -0.39 is 9.84 Å². The first-order valence-electron chi connectivity index (χ1n) is 9.16. The second-order valence-corrected chi connectivity index (χ2v) is 8.67. The van der Waals surface area contributed by atoms with Gasteiger partial charge in [0.2, 0.25) is 5.91 Å². The van der Waals surface area contributed by atoms with E-state index in [2.05, 4.69) is 25.9 Å². The summed E-state index contributed by atoms with van der Waals surface area (Å²) in [6.45, 7) is 4.52. The molecule has 3 N–H and O–H groups in total. The van der Waals surface area contributed by atoms with E-state index in [4.69, 9.17) is 0 Å². The van der Waals surface area contributed by atoms with Gasteiger partial charge in [-0.15, -0.1) is 24.0 Å². The topological polar surface area (TPSA) is 113 Å². The Hall–Kier alpha value is -2.21. The zero-order valence-electron chi connectivity index (χ0n) is 17.5. The lowest BCUT2D eigenvalue weighted by Gasteiger charge is -2.13. The largest absolute Gasteiger partial charge is 0.356 e. The van der Waals surface area contributed by atoms with Gasteiger partial charge >= 0.3 is 0 Å². The van der Waals surface area contributed by atoms with Gasteiger partial charge < -0.3 is 16.0 Å². The number of aromatic nitrogens is 1. The van der Waals surface area contributed by atoms with E-state index >= 15 is 0 Å². The van der Waals surface area contributed by atoms with Gasteiger partial charge in [-0.05, 0) is 43.2 Å². The van der Waals surface area contributed by atoms with Crippen LogP contribution in [0.25, 0.3) is 0 Å². The minimum absolute atomic E-state index is 0. The molecular formula is C20H28IN5O3S. The Labute approximate surface area is 194 Å². The van der Waals surface area contributed by atoms with Gasteiger partial charge in [0.1, 0.15) is 5.82 Å². The summed E-state index contributed by atoms with van der Waals surface area (Å²) in [6.07, 6.45) is 1.46. The van der Waals surface area contributed by atoms with Crippen LogP contribution in [0.3, 0.4) is 0 Å². The van der Waals surface area contributed by atoms with E-state index in [0.29, 0.717) is 35.3 Å². The standard InChI is InChI=1S/C20H27N5O3S.HI/c1-14-12-16(8-9-17(14)29(4,27)28)13-23-20(21-3)22-11-10-19(26)25-18-7-5-6-15(2)24-18;/h5-9,12H,10-11,13H2,1-4H3,(H2,21,22,23)(H,24,25,26);1H. The summed E-state index contributed by atoms with van der Waals surface area (Å²) in [6, 6.07) is 10.7. The molecule has 30 heavy (non-hydrogen) atoms. The third-order valence-electron chi connectivity index (χ3n) is 4.12. The number of hydrogen-bond donors (Lipinski definition) is 3. The molecule has 0 unspecified atom stereocenters. The highest BCUT2D eigenvalue weighted by molar-refractivity contribution is 14.0. The first-order chi connectivity index (χ1) is 13.7. The number of carbonyl (C=O) groups excluding carboxylic acids is 1. The number of nitrogens with zero attached hydrogens (tertiary/aromatic N) is 2. The quantitative estimate of drug-likeness (QED) is 0.280. The van der Waals surface area contributed by atoms with Crippen molar-refractivity contribution < 1.29 is 13.2 Å². The molecule has 0 spiro atoms. The van der Waals surface area contributed by atoms with Crippen molar-refractivity contribution in [2.24, 2.45) is 4.99 Å². The zero-order chi connectivity index (χ0) is 21.4. The minimum Gasteiger partial charge on any atom is -0.356 e. The van der Waals surface area contributed by atoms with Crippen LogP contribution in [0.1, 0.15) is 23.2 Å². The number of guanidine groups is 1. The summed E-state index contributed by atoms with van der Waals surface area (Å²) in [5, 5.41) is 8.98. The fourth-order valence-electron chi connectivity index (χ4n) is 2.76. The van der Waals surface area contributed by atoms with Crippen molar-refractivity contribution >= 4 is 51.5 Å². The Balaban J connectivity index is 0.00000450. The summed E-state index contributed by atoms with van der Waals surface area (Å²) in [4.78, 5) is 20.7. The molecule has 1 amide bonds. The van der Waals surface area contributed by atoms with Crippen LogP contribution in [0, 0.1) is 13.8 Å². The molecule has 1 heterocycles. The van der Waals surface area contributed by atoms with Crippen molar-refractivity contribution in [3.05, 3.63) is 53.2 Å². The van der Waals surface area contributed by atoms with Crippen molar-refractivity contribution in [1.82, 2.24) is 15.6 Å². The van der Waals surface area contributed by atoms with Gasteiger partial charge in [-0.1, -0.05) is 18.2 Å². The molecule has 0 aliphatic heterocycles. The van der Waals surface area contributed by atoms with Gasteiger partial charge in [-0.2, -0.15) is 0 Å². The molecule has 0 aliphatic carbocycles. The molecule has 0 fully saturated rings. The second kappa shape index (κ2) is 11.8. The Morgan fingerprint density at radius 3 is 2.47 bits per heavy atom. The fourth-order valence-corrected chi connectivity index (χ4v) is 3.72. The Morgan fingerprint density at radius 1 is 1.13 bits per heavy atom. The predicted molar refractivity (Wildman–Crippen MR) is 130 cm³/mol. The number of amides is 1. The number of anilines is 1. The summed E-state index contributed by atoms with van der Waals surface area (Å²) >= 11 is 0. The summed E-state index contributed by atoms with van der Waals surface area (Å²) in [5.74, 6) is 0.944. The maximum atomic E-state index is 12.0. The molecule has 1 aromatic carbocycles. The number of hydrogen-bond acceptors (Lipinski definition) is 5. The van der Waals surface area contributed by atoms with Gasteiger partial charge in [0, 0.05) is 38.5 Å². The van der Waals surface area contributed by atoms with Crippen LogP contribution in [0.2, 0.25) is 0 Å². The first-order valence-corrected chi connectivity index (χ1v) is 11.1.